The van der Waals surface area contributed by atoms with Gasteiger partial charge in [0.2, 0.25) is 0 Å². The molecule has 0 atom stereocenters. The summed E-state index contributed by atoms with van der Waals surface area (Å²) in [5.74, 6) is 0.841. The molecule has 1 heterocycles. The van der Waals surface area contributed by atoms with Gasteiger partial charge in [-0.15, -0.1) is 11.3 Å². The van der Waals surface area contributed by atoms with Crippen LogP contribution >= 0.6 is 11.3 Å². The van der Waals surface area contributed by atoms with Crippen LogP contribution in [0.2, 0.25) is 0 Å². The fourth-order valence-corrected chi connectivity index (χ4v) is 4.00. The maximum atomic E-state index is 9.58. The highest BCUT2D eigenvalue weighted by atomic mass is 32.1. The van der Waals surface area contributed by atoms with Crippen LogP contribution in [0.5, 0.6) is 5.75 Å². The van der Waals surface area contributed by atoms with E-state index in [0.29, 0.717) is 12.2 Å². The van der Waals surface area contributed by atoms with Gasteiger partial charge in [0.1, 0.15) is 16.8 Å². The maximum Gasteiger partial charge on any atom is 0.135 e. The lowest BCUT2D eigenvalue weighted by Crippen LogP contribution is -1.99. The van der Waals surface area contributed by atoms with Crippen LogP contribution in [-0.2, 0) is 6.42 Å². The van der Waals surface area contributed by atoms with Crippen molar-refractivity contribution in [1.82, 2.24) is 4.98 Å². The molecule has 3 aromatic carbocycles. The van der Waals surface area contributed by atoms with Crippen LogP contribution in [0.3, 0.4) is 0 Å². The van der Waals surface area contributed by atoms with Gasteiger partial charge in [0, 0.05) is 0 Å². The molecule has 1 aromatic heterocycles. The lowest BCUT2D eigenvalue weighted by molar-refractivity contribution is 0.311. The smallest absolute Gasteiger partial charge is 0.135 e. The van der Waals surface area contributed by atoms with Gasteiger partial charge in [-0.25, -0.2) is 4.98 Å². The highest BCUT2D eigenvalue weighted by Crippen LogP contribution is 2.28. The Morgan fingerprint density at radius 2 is 1.72 bits per heavy atom. The molecule has 29 heavy (non-hydrogen) atoms. The van der Waals surface area contributed by atoms with Gasteiger partial charge in [0.15, 0.2) is 0 Å². The number of fused-ring (bicyclic) bond motifs is 1. The molecule has 0 saturated heterocycles. The van der Waals surface area contributed by atoms with Gasteiger partial charge in [0.05, 0.1) is 22.4 Å². The number of aromatic nitrogens is 1. The first-order valence-electron chi connectivity index (χ1n) is 9.56. The molecule has 142 valence electrons. The van der Waals surface area contributed by atoms with E-state index in [1.165, 1.54) is 16.9 Å². The molecular formula is C25H20N2OS. The average Bonchev–Trinajstić information content (AvgIpc) is 3.21. The number of ether oxygens (including phenoxy) is 1. The first kappa shape index (κ1) is 18.9. The molecular weight excluding hydrogens is 376 g/mol. The molecule has 0 aliphatic heterocycles. The number of nitriles is 1. The number of aryl methyl sites for hydroxylation is 1. The second kappa shape index (κ2) is 9.18. The molecule has 0 bridgehead atoms. The van der Waals surface area contributed by atoms with Crippen molar-refractivity contribution in [3.8, 4) is 11.8 Å². The largest absolute Gasteiger partial charge is 0.494 e. The summed E-state index contributed by atoms with van der Waals surface area (Å²) >= 11 is 1.54. The third-order valence-electron chi connectivity index (χ3n) is 4.56. The van der Waals surface area contributed by atoms with Crippen molar-refractivity contribution in [3.05, 3.63) is 95.0 Å². The van der Waals surface area contributed by atoms with E-state index in [1.54, 1.807) is 0 Å². The molecule has 0 spiro atoms. The third-order valence-corrected chi connectivity index (χ3v) is 5.63. The number of rotatable bonds is 7. The van der Waals surface area contributed by atoms with E-state index in [0.717, 1.165) is 39.4 Å². The number of allylic oxidation sites excluding steroid dienone is 1. The summed E-state index contributed by atoms with van der Waals surface area (Å²) < 4.78 is 6.93. The zero-order valence-electron chi connectivity index (χ0n) is 15.9. The zero-order valence-corrected chi connectivity index (χ0v) is 16.7. The summed E-state index contributed by atoms with van der Waals surface area (Å²) in [7, 11) is 0. The Morgan fingerprint density at radius 1 is 0.966 bits per heavy atom. The molecule has 0 fully saturated rings. The number of nitrogens with zero attached hydrogens (tertiary/aromatic N) is 2. The quantitative estimate of drug-likeness (QED) is 0.269. The average molecular weight is 397 g/mol. The summed E-state index contributed by atoms with van der Waals surface area (Å²) in [6.45, 7) is 0.680. The summed E-state index contributed by atoms with van der Waals surface area (Å²) in [6.07, 6.45) is 3.86. The molecule has 0 amide bonds. The first-order chi connectivity index (χ1) is 14.3. The van der Waals surface area contributed by atoms with E-state index >= 15 is 0 Å². The van der Waals surface area contributed by atoms with E-state index in [2.05, 4.69) is 35.3 Å². The Balaban J connectivity index is 1.38. The van der Waals surface area contributed by atoms with E-state index in [4.69, 9.17) is 4.74 Å². The Labute approximate surface area is 174 Å². The van der Waals surface area contributed by atoms with Crippen molar-refractivity contribution < 1.29 is 4.74 Å². The molecule has 0 N–H and O–H groups in total. The third kappa shape index (κ3) is 4.90. The number of benzene rings is 3. The minimum Gasteiger partial charge on any atom is -0.494 e. The number of hydrogen-bond donors (Lipinski definition) is 0. The van der Waals surface area contributed by atoms with E-state index in [-0.39, 0.29) is 0 Å². The van der Waals surface area contributed by atoms with Crippen LogP contribution < -0.4 is 4.74 Å². The monoisotopic (exact) mass is 396 g/mol. The molecule has 4 heteroatoms. The fourth-order valence-electron chi connectivity index (χ4n) is 3.07. The van der Waals surface area contributed by atoms with Gasteiger partial charge in [-0.1, -0.05) is 54.6 Å². The summed E-state index contributed by atoms with van der Waals surface area (Å²) in [5.41, 5.74) is 3.78. The molecule has 0 saturated carbocycles. The highest BCUT2D eigenvalue weighted by molar-refractivity contribution is 7.19. The number of thiazole rings is 1. The summed E-state index contributed by atoms with van der Waals surface area (Å²) in [5, 5.41) is 10.3. The molecule has 4 rings (SSSR count). The summed E-state index contributed by atoms with van der Waals surface area (Å²) in [4.78, 5) is 4.58. The molecule has 0 aliphatic carbocycles. The van der Waals surface area contributed by atoms with E-state index in [1.807, 2.05) is 60.7 Å². The maximum absolute atomic E-state index is 9.58. The number of hydrogen-bond acceptors (Lipinski definition) is 4. The van der Waals surface area contributed by atoms with Crippen LogP contribution in [0.15, 0.2) is 78.9 Å². The molecule has 0 aliphatic rings. The van der Waals surface area contributed by atoms with Crippen molar-refractivity contribution in [2.24, 2.45) is 0 Å². The zero-order chi connectivity index (χ0) is 19.9. The van der Waals surface area contributed by atoms with Crippen molar-refractivity contribution in [3.63, 3.8) is 0 Å². The predicted octanol–water partition coefficient (Wildman–Crippen LogP) is 6.37. The lowest BCUT2D eigenvalue weighted by atomic mass is 10.1. The minimum atomic E-state index is 0.572. The van der Waals surface area contributed by atoms with Gasteiger partial charge >= 0.3 is 0 Å². The Kier molecular flexibility index (Phi) is 5.99. The van der Waals surface area contributed by atoms with Crippen molar-refractivity contribution >= 4 is 33.2 Å². The Morgan fingerprint density at radius 3 is 2.48 bits per heavy atom. The fraction of sp³-hybridized carbons (Fsp3) is 0.120. The summed E-state index contributed by atoms with van der Waals surface area (Å²) in [6, 6.07) is 28.5. The van der Waals surface area contributed by atoms with Crippen molar-refractivity contribution in [1.29, 1.82) is 5.26 Å². The van der Waals surface area contributed by atoms with E-state index < -0.39 is 0 Å². The SMILES string of the molecule is N#C/C(=C/c1ccc(OCCCc2ccccc2)cc1)c1nc2ccccc2s1. The lowest BCUT2D eigenvalue weighted by Gasteiger charge is -2.06. The molecule has 0 radical (unpaired) electrons. The molecule has 3 nitrogen and oxygen atoms in total. The number of para-hydroxylation sites is 1. The van der Waals surface area contributed by atoms with Gasteiger partial charge < -0.3 is 4.74 Å². The topological polar surface area (TPSA) is 45.9 Å². The standard InChI is InChI=1S/C25H20N2OS/c26-18-21(25-27-23-10-4-5-11-24(23)29-25)17-20-12-14-22(15-13-20)28-16-6-9-19-7-2-1-3-8-19/h1-5,7-8,10-15,17H,6,9,16H2/b21-17-. The van der Waals surface area contributed by atoms with Crippen LogP contribution in [0.1, 0.15) is 22.6 Å². The van der Waals surface area contributed by atoms with Gasteiger partial charge in [0.25, 0.3) is 0 Å². The highest BCUT2D eigenvalue weighted by Gasteiger charge is 2.08. The minimum absolute atomic E-state index is 0.572. The molecule has 4 aromatic rings. The van der Waals surface area contributed by atoms with E-state index in [9.17, 15) is 5.26 Å². The van der Waals surface area contributed by atoms with Crippen molar-refractivity contribution in [2.45, 2.75) is 12.8 Å². The van der Waals surface area contributed by atoms with Crippen LogP contribution in [0.4, 0.5) is 0 Å². The van der Waals surface area contributed by atoms with Crippen molar-refractivity contribution in [2.75, 3.05) is 6.61 Å². The first-order valence-corrected chi connectivity index (χ1v) is 10.4. The predicted molar refractivity (Wildman–Crippen MR) is 120 cm³/mol. The van der Waals surface area contributed by atoms with Gasteiger partial charge in [-0.2, -0.15) is 5.26 Å². The second-order valence-electron chi connectivity index (χ2n) is 6.66. The normalized spacial score (nSPS) is 11.3. The Bertz CT molecular complexity index is 1120. The van der Waals surface area contributed by atoms with Crippen LogP contribution in [0.25, 0.3) is 21.9 Å². The second-order valence-corrected chi connectivity index (χ2v) is 7.69. The Hall–Kier alpha value is -3.42. The van der Waals surface area contributed by atoms with Crippen LogP contribution in [0, 0.1) is 11.3 Å². The van der Waals surface area contributed by atoms with Gasteiger partial charge in [-0.3, -0.25) is 0 Å². The van der Waals surface area contributed by atoms with Crippen LogP contribution in [-0.4, -0.2) is 11.6 Å². The van der Waals surface area contributed by atoms with Gasteiger partial charge in [-0.05, 0) is 54.3 Å². The molecule has 0 unspecified atom stereocenters.